The minimum Gasteiger partial charge on any atom is -0.376 e. The van der Waals surface area contributed by atoms with Gasteiger partial charge < -0.3 is 16.0 Å². The molecule has 0 radical (unpaired) electrons. The molecule has 1 aliphatic rings. The first-order valence-corrected chi connectivity index (χ1v) is 8.08. The SMILES string of the molecule is N#C/C(=C/N1CCC(C(N)=O)CC1)C(=O)Nc1ccc(Cl)c(Cl)c1. The minimum absolute atomic E-state index is 0.0291. The van der Waals surface area contributed by atoms with Crippen LogP contribution in [-0.4, -0.2) is 29.8 Å². The number of hydrogen-bond donors (Lipinski definition) is 2. The molecule has 2 amide bonds. The number of nitrogens with zero attached hydrogens (tertiary/aromatic N) is 2. The molecule has 6 nitrogen and oxygen atoms in total. The highest BCUT2D eigenvalue weighted by Gasteiger charge is 2.22. The molecule has 2 rings (SSSR count). The Morgan fingerprint density at radius 1 is 1.29 bits per heavy atom. The highest BCUT2D eigenvalue weighted by molar-refractivity contribution is 6.42. The van der Waals surface area contributed by atoms with Crippen LogP contribution in [0.1, 0.15) is 12.8 Å². The van der Waals surface area contributed by atoms with Crippen LogP contribution in [0.25, 0.3) is 0 Å². The van der Waals surface area contributed by atoms with Gasteiger partial charge in [0, 0.05) is 30.9 Å². The van der Waals surface area contributed by atoms with E-state index in [1.165, 1.54) is 12.3 Å². The van der Waals surface area contributed by atoms with Gasteiger partial charge in [0.15, 0.2) is 0 Å². The van der Waals surface area contributed by atoms with E-state index in [-0.39, 0.29) is 17.4 Å². The van der Waals surface area contributed by atoms with Crippen molar-refractivity contribution < 1.29 is 9.59 Å². The number of hydrogen-bond acceptors (Lipinski definition) is 4. The third-order valence-electron chi connectivity index (χ3n) is 3.79. The molecule has 126 valence electrons. The van der Waals surface area contributed by atoms with Crippen molar-refractivity contribution in [3.63, 3.8) is 0 Å². The molecule has 1 aliphatic heterocycles. The van der Waals surface area contributed by atoms with Gasteiger partial charge in [0.1, 0.15) is 11.6 Å². The molecular formula is C16H16Cl2N4O2. The van der Waals surface area contributed by atoms with Crippen molar-refractivity contribution >= 4 is 40.7 Å². The standard InChI is InChI=1S/C16H16Cl2N4O2/c17-13-2-1-12(7-14(13)18)21-16(24)11(8-19)9-22-5-3-10(4-6-22)15(20)23/h1-2,7,9-10H,3-6H2,(H2,20,23)(H,21,24)/b11-9-. The Labute approximate surface area is 149 Å². The number of benzene rings is 1. The summed E-state index contributed by atoms with van der Waals surface area (Å²) >= 11 is 11.7. The van der Waals surface area contributed by atoms with Gasteiger partial charge in [-0.1, -0.05) is 23.2 Å². The first kappa shape index (κ1) is 18.1. The van der Waals surface area contributed by atoms with E-state index < -0.39 is 5.91 Å². The number of likely N-dealkylation sites (tertiary alicyclic amines) is 1. The Morgan fingerprint density at radius 2 is 1.96 bits per heavy atom. The topological polar surface area (TPSA) is 99.2 Å². The zero-order valence-corrected chi connectivity index (χ0v) is 14.3. The van der Waals surface area contributed by atoms with E-state index in [2.05, 4.69) is 5.32 Å². The molecule has 0 bridgehead atoms. The number of carbonyl (C=O) groups is 2. The highest BCUT2D eigenvalue weighted by Crippen LogP contribution is 2.25. The Kier molecular flexibility index (Phi) is 6.07. The number of amides is 2. The molecule has 1 saturated heterocycles. The molecular weight excluding hydrogens is 351 g/mol. The zero-order valence-electron chi connectivity index (χ0n) is 12.8. The van der Waals surface area contributed by atoms with Crippen LogP contribution in [0, 0.1) is 17.2 Å². The minimum atomic E-state index is -0.534. The van der Waals surface area contributed by atoms with Crippen LogP contribution in [-0.2, 0) is 9.59 Å². The van der Waals surface area contributed by atoms with E-state index in [1.807, 2.05) is 11.0 Å². The summed E-state index contributed by atoms with van der Waals surface area (Å²) in [7, 11) is 0. The van der Waals surface area contributed by atoms with Gasteiger partial charge in [0.05, 0.1) is 10.0 Å². The van der Waals surface area contributed by atoms with Gasteiger partial charge in [-0.25, -0.2) is 0 Å². The van der Waals surface area contributed by atoms with E-state index in [4.69, 9.17) is 28.9 Å². The van der Waals surface area contributed by atoms with Crippen LogP contribution in [0.4, 0.5) is 5.69 Å². The molecule has 0 spiro atoms. The number of nitrogens with two attached hydrogens (primary N) is 1. The summed E-state index contributed by atoms with van der Waals surface area (Å²) in [6.45, 7) is 1.14. The summed E-state index contributed by atoms with van der Waals surface area (Å²) in [6, 6.07) is 6.55. The van der Waals surface area contributed by atoms with E-state index in [9.17, 15) is 14.9 Å². The van der Waals surface area contributed by atoms with Crippen LogP contribution in [0.5, 0.6) is 0 Å². The Bertz CT molecular complexity index is 719. The maximum atomic E-state index is 12.2. The smallest absolute Gasteiger partial charge is 0.267 e. The van der Waals surface area contributed by atoms with Gasteiger partial charge in [-0.05, 0) is 31.0 Å². The van der Waals surface area contributed by atoms with Gasteiger partial charge in [-0.3, -0.25) is 9.59 Å². The Balaban J connectivity index is 2.02. The molecule has 1 aromatic rings. The molecule has 3 N–H and O–H groups in total. The predicted molar refractivity (Wildman–Crippen MR) is 92.3 cm³/mol. The average Bonchev–Trinajstić information content (AvgIpc) is 2.56. The number of carbonyl (C=O) groups excluding carboxylic acids is 2. The second-order valence-corrected chi connectivity index (χ2v) is 6.26. The molecule has 24 heavy (non-hydrogen) atoms. The van der Waals surface area contributed by atoms with Gasteiger partial charge in [-0.2, -0.15) is 5.26 Å². The zero-order chi connectivity index (χ0) is 17.7. The largest absolute Gasteiger partial charge is 0.376 e. The average molecular weight is 367 g/mol. The number of nitriles is 1. The van der Waals surface area contributed by atoms with Crippen molar-refractivity contribution in [2.75, 3.05) is 18.4 Å². The fraction of sp³-hybridized carbons (Fsp3) is 0.312. The summed E-state index contributed by atoms with van der Waals surface area (Å²) in [5.41, 5.74) is 5.71. The Morgan fingerprint density at radius 3 is 2.50 bits per heavy atom. The van der Waals surface area contributed by atoms with Gasteiger partial charge >= 0.3 is 0 Å². The molecule has 8 heteroatoms. The summed E-state index contributed by atoms with van der Waals surface area (Å²) < 4.78 is 0. The van der Waals surface area contributed by atoms with Crippen LogP contribution in [0.3, 0.4) is 0 Å². The fourth-order valence-electron chi connectivity index (χ4n) is 2.41. The quantitative estimate of drug-likeness (QED) is 0.631. The molecule has 0 aromatic heterocycles. The number of rotatable bonds is 4. The van der Waals surface area contributed by atoms with Crippen molar-refractivity contribution in [3.05, 3.63) is 40.0 Å². The van der Waals surface area contributed by atoms with Crippen LogP contribution in [0.2, 0.25) is 10.0 Å². The molecule has 1 aromatic carbocycles. The monoisotopic (exact) mass is 366 g/mol. The summed E-state index contributed by atoms with van der Waals surface area (Å²) in [4.78, 5) is 25.2. The van der Waals surface area contributed by atoms with E-state index in [0.29, 0.717) is 41.7 Å². The highest BCUT2D eigenvalue weighted by atomic mass is 35.5. The molecule has 0 aliphatic carbocycles. The maximum Gasteiger partial charge on any atom is 0.267 e. The normalized spacial score (nSPS) is 15.7. The van der Waals surface area contributed by atoms with Crippen molar-refractivity contribution in [2.45, 2.75) is 12.8 Å². The maximum absolute atomic E-state index is 12.2. The lowest BCUT2D eigenvalue weighted by Crippen LogP contribution is -2.36. The predicted octanol–water partition coefficient (Wildman–Crippen LogP) is 2.54. The van der Waals surface area contributed by atoms with Gasteiger partial charge in [0.25, 0.3) is 5.91 Å². The fourth-order valence-corrected chi connectivity index (χ4v) is 2.70. The number of halogens is 2. The van der Waals surface area contributed by atoms with Crippen molar-refractivity contribution in [3.8, 4) is 6.07 Å². The van der Waals surface area contributed by atoms with Crippen LogP contribution >= 0.6 is 23.2 Å². The Hall–Kier alpha value is -2.23. The third kappa shape index (κ3) is 4.63. The number of piperidine rings is 1. The number of anilines is 1. The lowest BCUT2D eigenvalue weighted by Gasteiger charge is -2.29. The summed E-state index contributed by atoms with van der Waals surface area (Å²) in [6.07, 6.45) is 2.72. The van der Waals surface area contributed by atoms with Crippen molar-refractivity contribution in [2.24, 2.45) is 11.7 Å². The van der Waals surface area contributed by atoms with Gasteiger partial charge in [-0.15, -0.1) is 0 Å². The van der Waals surface area contributed by atoms with Crippen LogP contribution < -0.4 is 11.1 Å². The van der Waals surface area contributed by atoms with E-state index in [1.54, 1.807) is 12.1 Å². The third-order valence-corrected chi connectivity index (χ3v) is 4.53. The van der Waals surface area contributed by atoms with Crippen LogP contribution in [0.15, 0.2) is 30.0 Å². The molecule has 1 heterocycles. The van der Waals surface area contributed by atoms with E-state index in [0.717, 1.165) is 0 Å². The van der Waals surface area contributed by atoms with Gasteiger partial charge in [0.2, 0.25) is 5.91 Å². The molecule has 0 unspecified atom stereocenters. The first-order chi connectivity index (χ1) is 11.4. The summed E-state index contributed by atoms with van der Waals surface area (Å²) in [5, 5.41) is 12.5. The number of nitrogens with one attached hydrogen (secondary N) is 1. The molecule has 0 saturated carbocycles. The van der Waals surface area contributed by atoms with E-state index >= 15 is 0 Å². The number of primary amides is 1. The van der Waals surface area contributed by atoms with Crippen molar-refractivity contribution in [1.29, 1.82) is 5.26 Å². The second kappa shape index (κ2) is 8.04. The lowest BCUT2D eigenvalue weighted by atomic mass is 9.96. The molecule has 1 fully saturated rings. The first-order valence-electron chi connectivity index (χ1n) is 7.32. The second-order valence-electron chi connectivity index (χ2n) is 5.45. The molecule has 0 atom stereocenters. The summed E-state index contributed by atoms with van der Waals surface area (Å²) in [5.74, 6) is -0.991. The lowest BCUT2D eigenvalue weighted by molar-refractivity contribution is -0.123. The van der Waals surface area contributed by atoms with Crippen molar-refractivity contribution in [1.82, 2.24) is 4.90 Å².